The number of rotatable bonds is 1. The molecular formula is C4H6Cl3NaO2. The summed E-state index contributed by atoms with van der Waals surface area (Å²) in [6.45, 7) is 1.05. The van der Waals surface area contributed by atoms with Crippen LogP contribution in [-0.2, 0) is 9.53 Å². The first kappa shape index (κ1) is 13.9. The first-order valence-corrected chi connectivity index (χ1v) is 3.25. The predicted molar refractivity (Wildman–Crippen MR) is 44.1 cm³/mol. The summed E-state index contributed by atoms with van der Waals surface area (Å²) in [5, 5.41) is 0. The van der Waals surface area contributed by atoms with Gasteiger partial charge in [-0.15, -0.1) is 0 Å². The van der Waals surface area contributed by atoms with Crippen LogP contribution < -0.4 is 0 Å². The van der Waals surface area contributed by atoms with Crippen molar-refractivity contribution in [2.24, 2.45) is 0 Å². The van der Waals surface area contributed by atoms with E-state index in [0.717, 1.165) is 0 Å². The van der Waals surface area contributed by atoms with Crippen molar-refractivity contribution < 1.29 is 9.53 Å². The van der Waals surface area contributed by atoms with Crippen LogP contribution in [0.2, 0.25) is 0 Å². The molecule has 0 amide bonds. The first-order chi connectivity index (χ1) is 3.92. The molecule has 0 spiro atoms. The molecule has 0 aliphatic heterocycles. The fourth-order valence-electron chi connectivity index (χ4n) is 0.183. The molecule has 6 heteroatoms. The summed E-state index contributed by atoms with van der Waals surface area (Å²) in [6, 6.07) is 0. The summed E-state index contributed by atoms with van der Waals surface area (Å²) in [5.74, 6) is -0.457. The number of alkyl halides is 3. The standard InChI is InChI=1S/C4H5Cl3O2.Na.H/c1-3(8)9-2-4(5,6)7;;/h2H2,1H3;;. The summed E-state index contributed by atoms with van der Waals surface area (Å²) >= 11 is 15.7. The Morgan fingerprint density at radius 1 is 1.50 bits per heavy atom. The van der Waals surface area contributed by atoms with Gasteiger partial charge in [0.25, 0.3) is 0 Å². The van der Waals surface area contributed by atoms with Gasteiger partial charge in [0, 0.05) is 6.92 Å². The second kappa shape index (κ2) is 5.92. The molecular weight excluding hydrogens is 209 g/mol. The Balaban J connectivity index is 0. The van der Waals surface area contributed by atoms with E-state index in [1.165, 1.54) is 6.92 Å². The van der Waals surface area contributed by atoms with Gasteiger partial charge in [-0.25, -0.2) is 0 Å². The molecule has 0 saturated heterocycles. The minimum absolute atomic E-state index is 0. The van der Waals surface area contributed by atoms with E-state index in [4.69, 9.17) is 34.8 Å². The quantitative estimate of drug-likeness (QED) is 0.374. The zero-order chi connectivity index (χ0) is 7.49. The van der Waals surface area contributed by atoms with Gasteiger partial charge in [-0.05, 0) is 0 Å². The van der Waals surface area contributed by atoms with Crippen LogP contribution in [0.15, 0.2) is 0 Å². The zero-order valence-electron chi connectivity index (χ0n) is 4.66. The molecule has 2 nitrogen and oxygen atoms in total. The molecule has 0 heterocycles. The van der Waals surface area contributed by atoms with Crippen LogP contribution >= 0.6 is 34.8 Å². The fourth-order valence-corrected chi connectivity index (χ4v) is 0.347. The molecule has 0 atom stereocenters. The number of hydrogen-bond donors (Lipinski definition) is 0. The van der Waals surface area contributed by atoms with Gasteiger partial charge in [0.15, 0.2) is 0 Å². The number of carbonyl (C=O) groups excluding carboxylic acids is 1. The Morgan fingerprint density at radius 3 is 2.00 bits per heavy atom. The number of carbonyl (C=O) groups is 1. The van der Waals surface area contributed by atoms with E-state index in [1.54, 1.807) is 0 Å². The molecule has 0 saturated carbocycles. The number of halogens is 3. The first-order valence-electron chi connectivity index (χ1n) is 2.12. The number of ether oxygens (including phenoxy) is 1. The van der Waals surface area contributed by atoms with Crippen LogP contribution in [0.5, 0.6) is 0 Å². The zero-order valence-corrected chi connectivity index (χ0v) is 6.93. The van der Waals surface area contributed by atoms with E-state index in [-0.39, 0.29) is 36.2 Å². The topological polar surface area (TPSA) is 26.3 Å². The molecule has 0 aliphatic rings. The summed E-state index contributed by atoms with van der Waals surface area (Å²) in [4.78, 5) is 10.1. The second-order valence-corrected chi connectivity index (χ2v) is 3.91. The van der Waals surface area contributed by atoms with E-state index in [1.807, 2.05) is 0 Å². The molecule has 0 aromatic heterocycles. The van der Waals surface area contributed by atoms with Crippen molar-refractivity contribution in [3.05, 3.63) is 0 Å². The van der Waals surface area contributed by atoms with Crippen molar-refractivity contribution in [3.8, 4) is 0 Å². The molecule has 0 aliphatic carbocycles. The van der Waals surface area contributed by atoms with Crippen molar-refractivity contribution in [3.63, 3.8) is 0 Å². The number of esters is 1. The average molecular weight is 215 g/mol. The van der Waals surface area contributed by atoms with Gasteiger partial charge in [-0.3, -0.25) is 4.79 Å². The van der Waals surface area contributed by atoms with Crippen molar-refractivity contribution in [1.29, 1.82) is 0 Å². The molecule has 0 radical (unpaired) electrons. The molecule has 0 rings (SSSR count). The molecule has 0 aromatic carbocycles. The summed E-state index contributed by atoms with van der Waals surface area (Å²) in [7, 11) is 0. The maximum absolute atomic E-state index is 10.1. The van der Waals surface area contributed by atoms with Gasteiger partial charge < -0.3 is 4.74 Å². The van der Waals surface area contributed by atoms with Gasteiger partial charge in [-0.2, -0.15) is 0 Å². The molecule has 0 N–H and O–H groups in total. The third-order valence-corrected chi connectivity index (χ3v) is 0.766. The summed E-state index contributed by atoms with van der Waals surface area (Å²) in [6.07, 6.45) is 0. The summed E-state index contributed by atoms with van der Waals surface area (Å²) in [5.41, 5.74) is 0. The third kappa shape index (κ3) is 12.1. The van der Waals surface area contributed by atoms with E-state index in [2.05, 4.69) is 4.74 Å². The second-order valence-electron chi connectivity index (χ2n) is 1.40. The Kier molecular flexibility index (Phi) is 8.23. The molecule has 0 aromatic rings. The monoisotopic (exact) mass is 214 g/mol. The molecule has 0 fully saturated rings. The minimum atomic E-state index is -1.49. The molecule has 56 valence electrons. The SMILES string of the molecule is CC(=O)OCC(Cl)(Cl)Cl.[NaH]. The van der Waals surface area contributed by atoms with Crippen LogP contribution in [-0.4, -0.2) is 45.9 Å². The molecule has 10 heavy (non-hydrogen) atoms. The Bertz CT molecular complexity index is 112. The normalized spacial score (nSPS) is 10.0. The Labute approximate surface area is 96.4 Å². The molecule has 0 unspecified atom stereocenters. The van der Waals surface area contributed by atoms with Crippen molar-refractivity contribution in [1.82, 2.24) is 0 Å². The number of hydrogen-bond acceptors (Lipinski definition) is 2. The fraction of sp³-hybridized carbons (Fsp3) is 0.750. The average Bonchev–Trinajstić information content (AvgIpc) is 1.59. The predicted octanol–water partition coefficient (Wildman–Crippen LogP) is 1.27. The van der Waals surface area contributed by atoms with E-state index < -0.39 is 9.76 Å². The van der Waals surface area contributed by atoms with Gasteiger partial charge in [-0.1, -0.05) is 34.8 Å². The van der Waals surface area contributed by atoms with Crippen molar-refractivity contribution in [2.45, 2.75) is 10.7 Å². The van der Waals surface area contributed by atoms with Crippen molar-refractivity contribution in [2.75, 3.05) is 6.61 Å². The summed E-state index contributed by atoms with van der Waals surface area (Å²) < 4.78 is 2.88. The van der Waals surface area contributed by atoms with Gasteiger partial charge in [0.1, 0.15) is 6.61 Å². The third-order valence-electron chi connectivity index (χ3n) is 0.439. The van der Waals surface area contributed by atoms with Crippen molar-refractivity contribution >= 4 is 70.3 Å². The van der Waals surface area contributed by atoms with E-state index in [9.17, 15) is 4.79 Å². The van der Waals surface area contributed by atoms with E-state index >= 15 is 0 Å². The van der Waals surface area contributed by atoms with Crippen LogP contribution in [0.1, 0.15) is 6.92 Å². The maximum atomic E-state index is 10.1. The van der Waals surface area contributed by atoms with Crippen LogP contribution in [0.25, 0.3) is 0 Å². The van der Waals surface area contributed by atoms with Crippen LogP contribution in [0.4, 0.5) is 0 Å². The Hall–Kier alpha value is 1.34. The van der Waals surface area contributed by atoms with Gasteiger partial charge in [0.05, 0.1) is 0 Å². The van der Waals surface area contributed by atoms with Crippen LogP contribution in [0, 0.1) is 0 Å². The van der Waals surface area contributed by atoms with Gasteiger partial charge in [0.2, 0.25) is 3.79 Å². The molecule has 0 bridgehead atoms. The van der Waals surface area contributed by atoms with Crippen LogP contribution in [0.3, 0.4) is 0 Å². The van der Waals surface area contributed by atoms with E-state index in [0.29, 0.717) is 0 Å². The Morgan fingerprint density at radius 2 is 1.90 bits per heavy atom. The van der Waals surface area contributed by atoms with Gasteiger partial charge >= 0.3 is 35.5 Å².